The van der Waals surface area contributed by atoms with E-state index in [-0.39, 0.29) is 0 Å². The highest BCUT2D eigenvalue weighted by Gasteiger charge is 2.14. The predicted molar refractivity (Wildman–Crippen MR) is 97.5 cm³/mol. The highest BCUT2D eigenvalue weighted by molar-refractivity contribution is 7.98. The molecule has 1 aromatic heterocycles. The number of rotatable bonds is 4. The van der Waals surface area contributed by atoms with Crippen LogP contribution in [0.3, 0.4) is 0 Å². The Hall–Kier alpha value is -1.20. The van der Waals surface area contributed by atoms with Crippen molar-refractivity contribution < 1.29 is 0 Å². The van der Waals surface area contributed by atoms with Crippen LogP contribution in [-0.4, -0.2) is 14.8 Å². The number of hydrogen-bond donors (Lipinski definition) is 0. The summed E-state index contributed by atoms with van der Waals surface area (Å²) in [5, 5.41) is 11.2. The highest BCUT2D eigenvalue weighted by Crippen LogP contribution is 2.32. The van der Waals surface area contributed by atoms with E-state index in [9.17, 15) is 0 Å². The molecule has 2 aromatic carbocycles. The van der Waals surface area contributed by atoms with Crippen LogP contribution >= 0.6 is 46.6 Å². The van der Waals surface area contributed by atoms with Crippen molar-refractivity contribution in [2.24, 2.45) is 7.05 Å². The van der Waals surface area contributed by atoms with Gasteiger partial charge in [0, 0.05) is 28.4 Å². The summed E-state index contributed by atoms with van der Waals surface area (Å²) in [6.07, 6.45) is 0. The lowest BCUT2D eigenvalue weighted by Crippen LogP contribution is -1.95. The van der Waals surface area contributed by atoms with E-state index < -0.39 is 0 Å². The molecular formula is C16H12Cl3N3S. The number of benzene rings is 2. The van der Waals surface area contributed by atoms with E-state index in [2.05, 4.69) is 10.2 Å². The summed E-state index contributed by atoms with van der Waals surface area (Å²) in [4.78, 5) is 0. The maximum absolute atomic E-state index is 6.25. The minimum atomic E-state index is 0.552. The minimum Gasteiger partial charge on any atom is -0.305 e. The smallest absolute Gasteiger partial charge is 0.191 e. The van der Waals surface area contributed by atoms with Crippen molar-refractivity contribution in [3.05, 3.63) is 63.1 Å². The first-order valence-corrected chi connectivity index (χ1v) is 8.89. The molecule has 0 aliphatic rings. The number of halogens is 3. The average molecular weight is 385 g/mol. The largest absolute Gasteiger partial charge is 0.305 e. The number of aromatic nitrogens is 3. The fourth-order valence-corrected chi connectivity index (χ4v) is 3.79. The Bertz CT molecular complexity index is 848. The van der Waals surface area contributed by atoms with Gasteiger partial charge in [0.25, 0.3) is 0 Å². The van der Waals surface area contributed by atoms with Crippen LogP contribution in [-0.2, 0) is 12.8 Å². The lowest BCUT2D eigenvalue weighted by atomic mass is 10.2. The molecule has 0 aliphatic carbocycles. The van der Waals surface area contributed by atoms with E-state index >= 15 is 0 Å². The summed E-state index contributed by atoms with van der Waals surface area (Å²) in [5.74, 6) is 1.42. The molecule has 0 saturated heterocycles. The monoisotopic (exact) mass is 383 g/mol. The molecule has 3 nitrogen and oxygen atoms in total. The van der Waals surface area contributed by atoms with E-state index in [1.54, 1.807) is 23.9 Å². The Kier molecular flexibility index (Phi) is 5.17. The van der Waals surface area contributed by atoms with Gasteiger partial charge in [-0.3, -0.25) is 0 Å². The van der Waals surface area contributed by atoms with E-state index in [4.69, 9.17) is 34.8 Å². The van der Waals surface area contributed by atoms with E-state index in [0.29, 0.717) is 15.9 Å². The second kappa shape index (κ2) is 7.14. The molecule has 118 valence electrons. The average Bonchev–Trinajstić information content (AvgIpc) is 2.88. The van der Waals surface area contributed by atoms with Gasteiger partial charge in [-0.05, 0) is 29.8 Å². The van der Waals surface area contributed by atoms with Crippen LogP contribution in [0.1, 0.15) is 5.56 Å². The van der Waals surface area contributed by atoms with Crippen LogP contribution < -0.4 is 0 Å². The summed E-state index contributed by atoms with van der Waals surface area (Å²) in [6.45, 7) is 0. The number of nitrogens with zero attached hydrogens (tertiary/aromatic N) is 3. The third-order valence-electron chi connectivity index (χ3n) is 3.32. The third-order valence-corrected chi connectivity index (χ3v) is 5.31. The zero-order valence-corrected chi connectivity index (χ0v) is 15.2. The third kappa shape index (κ3) is 3.66. The Balaban J connectivity index is 1.83. The van der Waals surface area contributed by atoms with Crippen LogP contribution in [0, 0.1) is 0 Å². The molecule has 23 heavy (non-hydrogen) atoms. The van der Waals surface area contributed by atoms with Crippen LogP contribution in [0.25, 0.3) is 11.4 Å². The second-order valence-electron chi connectivity index (χ2n) is 4.87. The van der Waals surface area contributed by atoms with Crippen LogP contribution in [0.4, 0.5) is 0 Å². The van der Waals surface area contributed by atoms with Gasteiger partial charge in [0.1, 0.15) is 0 Å². The number of thioether (sulfide) groups is 1. The van der Waals surface area contributed by atoms with Crippen molar-refractivity contribution in [1.82, 2.24) is 14.8 Å². The molecule has 0 saturated carbocycles. The molecule has 0 aliphatic heterocycles. The molecule has 3 rings (SSSR count). The standard InChI is InChI=1S/C16H12Cl3N3S/c1-22-15(12-7-6-11(17)8-14(12)19)20-21-16(22)23-9-10-4-2-3-5-13(10)18/h2-8H,9H2,1H3. The molecule has 7 heteroatoms. The van der Waals surface area contributed by atoms with Crippen LogP contribution in [0.2, 0.25) is 15.1 Å². The fourth-order valence-electron chi connectivity index (χ4n) is 2.10. The summed E-state index contributed by atoms with van der Waals surface area (Å²) in [5.41, 5.74) is 1.86. The first-order valence-electron chi connectivity index (χ1n) is 6.77. The van der Waals surface area contributed by atoms with Gasteiger partial charge >= 0.3 is 0 Å². The molecule has 1 heterocycles. The predicted octanol–water partition coefficient (Wildman–Crippen LogP) is 5.73. The minimum absolute atomic E-state index is 0.552. The Morgan fingerprint density at radius 2 is 1.78 bits per heavy atom. The molecule has 0 atom stereocenters. The van der Waals surface area contributed by atoms with Crippen molar-refractivity contribution in [3.63, 3.8) is 0 Å². The topological polar surface area (TPSA) is 30.7 Å². The lowest BCUT2D eigenvalue weighted by molar-refractivity contribution is 0.794. The van der Waals surface area contributed by atoms with Gasteiger partial charge in [-0.15, -0.1) is 10.2 Å². The van der Waals surface area contributed by atoms with Crippen LogP contribution in [0.5, 0.6) is 0 Å². The van der Waals surface area contributed by atoms with Crippen LogP contribution in [0.15, 0.2) is 47.6 Å². The molecule has 0 fully saturated rings. The van der Waals surface area contributed by atoms with Gasteiger partial charge in [0.2, 0.25) is 0 Å². The van der Waals surface area contributed by atoms with Gasteiger partial charge in [-0.2, -0.15) is 0 Å². The molecular weight excluding hydrogens is 373 g/mol. The zero-order chi connectivity index (χ0) is 16.4. The quantitative estimate of drug-likeness (QED) is 0.538. The zero-order valence-electron chi connectivity index (χ0n) is 12.1. The Morgan fingerprint density at radius 3 is 2.52 bits per heavy atom. The van der Waals surface area contributed by atoms with Gasteiger partial charge < -0.3 is 4.57 Å². The molecule has 0 radical (unpaired) electrons. The first kappa shape index (κ1) is 16.7. The summed E-state index contributed by atoms with van der Waals surface area (Å²) < 4.78 is 1.91. The van der Waals surface area contributed by atoms with Gasteiger partial charge in [0.15, 0.2) is 11.0 Å². The van der Waals surface area contributed by atoms with Gasteiger partial charge in [-0.25, -0.2) is 0 Å². The van der Waals surface area contributed by atoms with Gasteiger partial charge in [-0.1, -0.05) is 64.8 Å². The van der Waals surface area contributed by atoms with Crippen molar-refractivity contribution in [2.45, 2.75) is 10.9 Å². The van der Waals surface area contributed by atoms with Crippen molar-refractivity contribution in [2.75, 3.05) is 0 Å². The molecule has 0 bridgehead atoms. The summed E-state index contributed by atoms with van der Waals surface area (Å²) in [6, 6.07) is 13.1. The fraction of sp³-hybridized carbons (Fsp3) is 0.125. The lowest BCUT2D eigenvalue weighted by Gasteiger charge is -2.06. The van der Waals surface area contributed by atoms with E-state index in [1.165, 1.54) is 0 Å². The SMILES string of the molecule is Cn1c(SCc2ccccc2Cl)nnc1-c1ccc(Cl)cc1Cl. The maximum atomic E-state index is 6.25. The first-order chi connectivity index (χ1) is 11.1. The van der Waals surface area contributed by atoms with Crippen molar-refractivity contribution in [1.29, 1.82) is 0 Å². The summed E-state index contributed by atoms with van der Waals surface area (Å²) >= 11 is 19.9. The Labute approximate surface area is 153 Å². The molecule has 0 N–H and O–H groups in total. The molecule has 0 amide bonds. The molecule has 0 spiro atoms. The van der Waals surface area contributed by atoms with Gasteiger partial charge in [0.05, 0.1) is 5.02 Å². The van der Waals surface area contributed by atoms with Crippen molar-refractivity contribution in [3.8, 4) is 11.4 Å². The molecule has 0 unspecified atom stereocenters. The highest BCUT2D eigenvalue weighted by atomic mass is 35.5. The maximum Gasteiger partial charge on any atom is 0.191 e. The summed E-state index contributed by atoms with van der Waals surface area (Å²) in [7, 11) is 1.91. The normalized spacial score (nSPS) is 11.0. The van der Waals surface area contributed by atoms with E-state index in [0.717, 1.165) is 27.1 Å². The number of hydrogen-bond acceptors (Lipinski definition) is 3. The second-order valence-corrected chi connectivity index (χ2v) is 7.06. The Morgan fingerprint density at radius 1 is 1.00 bits per heavy atom. The molecule has 3 aromatic rings. The van der Waals surface area contributed by atoms with Crippen molar-refractivity contribution >= 4 is 46.6 Å². The van der Waals surface area contributed by atoms with E-state index in [1.807, 2.05) is 41.9 Å².